The van der Waals surface area contributed by atoms with Crippen LogP contribution in [-0.4, -0.2) is 50.3 Å². The number of nitrogens with one attached hydrogen (secondary N) is 1. The Bertz CT molecular complexity index is 700. The van der Waals surface area contributed by atoms with Crippen LogP contribution >= 0.6 is 0 Å². The van der Waals surface area contributed by atoms with Gasteiger partial charge in [-0.3, -0.25) is 14.4 Å². The van der Waals surface area contributed by atoms with Crippen molar-refractivity contribution in [3.8, 4) is 5.75 Å². The molecule has 1 atom stereocenters. The molecule has 7 heteroatoms. The predicted octanol–water partition coefficient (Wildman–Crippen LogP) is 1.26. The van der Waals surface area contributed by atoms with E-state index in [0.717, 1.165) is 32.6 Å². The lowest BCUT2D eigenvalue weighted by Gasteiger charge is -2.15. The Hall–Kier alpha value is -2.41. The third kappa shape index (κ3) is 3.91. The molecule has 7 nitrogen and oxygen atoms in total. The third-order valence-corrected chi connectivity index (χ3v) is 4.34. The molecule has 0 aliphatic carbocycles. The maximum atomic E-state index is 12.1. The van der Waals surface area contributed by atoms with Crippen LogP contribution < -0.4 is 5.32 Å². The molecule has 0 saturated carbocycles. The van der Waals surface area contributed by atoms with E-state index in [0.29, 0.717) is 12.5 Å². The first-order valence-electron chi connectivity index (χ1n) is 8.31. The van der Waals surface area contributed by atoms with Crippen LogP contribution in [0.25, 0.3) is 0 Å². The molecule has 1 amide bonds. The number of likely N-dealkylation sites (tertiary alicyclic amines) is 1. The van der Waals surface area contributed by atoms with Crippen molar-refractivity contribution in [2.45, 2.75) is 26.4 Å². The van der Waals surface area contributed by atoms with Gasteiger partial charge in [-0.05, 0) is 37.9 Å². The van der Waals surface area contributed by atoms with Crippen LogP contribution in [0.3, 0.4) is 0 Å². The van der Waals surface area contributed by atoms with Crippen LogP contribution in [0.2, 0.25) is 0 Å². The number of aromatic nitrogens is 3. The van der Waals surface area contributed by atoms with Crippen molar-refractivity contribution >= 4 is 5.91 Å². The number of hydrogen-bond donors (Lipinski definition) is 2. The van der Waals surface area contributed by atoms with E-state index in [2.05, 4.69) is 33.4 Å². The minimum Gasteiger partial charge on any atom is -0.505 e. The van der Waals surface area contributed by atoms with Crippen molar-refractivity contribution in [2.24, 2.45) is 5.92 Å². The number of aryl methyl sites for hydroxylation is 1. The number of rotatable bonds is 6. The second kappa shape index (κ2) is 7.44. The molecule has 0 bridgehead atoms. The second-order valence-electron chi connectivity index (χ2n) is 6.18. The molecular formula is C17H23N5O2. The van der Waals surface area contributed by atoms with E-state index in [1.165, 1.54) is 17.8 Å². The van der Waals surface area contributed by atoms with E-state index >= 15 is 0 Å². The van der Waals surface area contributed by atoms with E-state index in [9.17, 15) is 9.90 Å². The number of nitrogens with zero attached hydrogens (tertiary/aromatic N) is 4. The zero-order chi connectivity index (χ0) is 16.9. The summed E-state index contributed by atoms with van der Waals surface area (Å²) in [6.07, 6.45) is 6.56. The lowest BCUT2D eigenvalue weighted by Crippen LogP contribution is -2.31. The lowest BCUT2D eigenvalue weighted by atomic mass is 10.1. The van der Waals surface area contributed by atoms with Crippen LogP contribution in [0.1, 0.15) is 29.4 Å². The predicted molar refractivity (Wildman–Crippen MR) is 89.5 cm³/mol. The van der Waals surface area contributed by atoms with Gasteiger partial charge in [0.15, 0.2) is 5.69 Å². The summed E-state index contributed by atoms with van der Waals surface area (Å²) >= 11 is 0. The summed E-state index contributed by atoms with van der Waals surface area (Å²) in [4.78, 5) is 18.4. The summed E-state index contributed by atoms with van der Waals surface area (Å²) in [5.41, 5.74) is 1.30. The molecule has 0 radical (unpaired) electrons. The van der Waals surface area contributed by atoms with Crippen molar-refractivity contribution < 1.29 is 9.90 Å². The van der Waals surface area contributed by atoms with E-state index in [1.54, 1.807) is 6.07 Å². The molecule has 0 aromatic carbocycles. The molecule has 1 saturated heterocycles. The van der Waals surface area contributed by atoms with Crippen molar-refractivity contribution in [2.75, 3.05) is 19.6 Å². The van der Waals surface area contributed by atoms with Gasteiger partial charge in [-0.2, -0.15) is 5.10 Å². The average molecular weight is 329 g/mol. The molecule has 2 aromatic heterocycles. The molecule has 0 spiro atoms. The molecule has 1 fully saturated rings. The minimum absolute atomic E-state index is 0.0827. The van der Waals surface area contributed by atoms with Gasteiger partial charge in [0.25, 0.3) is 5.91 Å². The first kappa shape index (κ1) is 16.4. The largest absolute Gasteiger partial charge is 0.505 e. The molecule has 1 aliphatic heterocycles. The maximum absolute atomic E-state index is 12.1. The highest BCUT2D eigenvalue weighted by Crippen LogP contribution is 2.18. The van der Waals surface area contributed by atoms with Crippen molar-refractivity contribution in [3.05, 3.63) is 42.0 Å². The Labute approximate surface area is 141 Å². The number of hydrogen-bond acceptors (Lipinski definition) is 5. The number of carbonyl (C=O) groups is 1. The Balaban J connectivity index is 1.46. The quantitative estimate of drug-likeness (QED) is 0.833. The van der Waals surface area contributed by atoms with Gasteiger partial charge in [0, 0.05) is 44.1 Å². The molecule has 2 aromatic rings. The van der Waals surface area contributed by atoms with Crippen LogP contribution in [0, 0.1) is 5.92 Å². The van der Waals surface area contributed by atoms with E-state index in [4.69, 9.17) is 0 Å². The molecule has 128 valence electrons. The van der Waals surface area contributed by atoms with Crippen LogP contribution in [0.4, 0.5) is 0 Å². The van der Waals surface area contributed by atoms with Gasteiger partial charge in [0.05, 0.1) is 6.20 Å². The smallest absolute Gasteiger partial charge is 0.273 e. The zero-order valence-electron chi connectivity index (χ0n) is 13.9. The van der Waals surface area contributed by atoms with Crippen LogP contribution in [0.15, 0.2) is 30.7 Å². The van der Waals surface area contributed by atoms with E-state index in [-0.39, 0.29) is 17.4 Å². The average Bonchev–Trinajstić information content (AvgIpc) is 3.22. The highest BCUT2D eigenvalue weighted by molar-refractivity contribution is 5.94. The van der Waals surface area contributed by atoms with Gasteiger partial charge in [-0.15, -0.1) is 0 Å². The minimum atomic E-state index is -0.323. The first-order chi connectivity index (χ1) is 11.7. The second-order valence-corrected chi connectivity index (χ2v) is 6.18. The highest BCUT2D eigenvalue weighted by atomic mass is 16.3. The Morgan fingerprint density at radius 3 is 3.12 bits per heavy atom. The van der Waals surface area contributed by atoms with Crippen molar-refractivity contribution in [1.82, 2.24) is 25.0 Å². The van der Waals surface area contributed by atoms with Gasteiger partial charge in [-0.1, -0.05) is 0 Å². The third-order valence-electron chi connectivity index (χ3n) is 4.34. The first-order valence-corrected chi connectivity index (χ1v) is 8.31. The van der Waals surface area contributed by atoms with Gasteiger partial charge in [0.1, 0.15) is 5.75 Å². The highest BCUT2D eigenvalue weighted by Gasteiger charge is 2.24. The van der Waals surface area contributed by atoms with Gasteiger partial charge in [0.2, 0.25) is 0 Å². The van der Waals surface area contributed by atoms with Gasteiger partial charge >= 0.3 is 0 Å². The summed E-state index contributed by atoms with van der Waals surface area (Å²) in [5, 5.41) is 16.8. The number of aromatic hydroxyl groups is 1. The van der Waals surface area contributed by atoms with Crippen LogP contribution in [-0.2, 0) is 13.1 Å². The van der Waals surface area contributed by atoms with Crippen LogP contribution in [0.5, 0.6) is 5.75 Å². The SMILES string of the molecule is CCn1cc(CN2CCC(CNC(=O)c3ncccc3O)C2)cn1. The molecule has 1 unspecified atom stereocenters. The van der Waals surface area contributed by atoms with Gasteiger partial charge in [-0.25, -0.2) is 4.98 Å². The Kier molecular flexibility index (Phi) is 5.10. The summed E-state index contributed by atoms with van der Waals surface area (Å²) in [6, 6.07) is 3.07. The molecular weight excluding hydrogens is 306 g/mol. The fraction of sp³-hybridized carbons (Fsp3) is 0.471. The molecule has 1 aliphatic rings. The number of carbonyl (C=O) groups excluding carboxylic acids is 1. The lowest BCUT2D eigenvalue weighted by molar-refractivity contribution is 0.0939. The standard InChI is InChI=1S/C17H23N5O2/c1-2-22-12-14(9-20-22)11-21-7-5-13(10-21)8-19-17(24)16-15(23)4-3-6-18-16/h3-4,6,9,12-13,23H,2,5,7-8,10-11H2,1H3,(H,19,24). The fourth-order valence-electron chi connectivity index (χ4n) is 3.03. The van der Waals surface area contributed by atoms with Gasteiger partial charge < -0.3 is 10.4 Å². The Morgan fingerprint density at radius 1 is 1.50 bits per heavy atom. The van der Waals surface area contributed by atoms with E-state index in [1.807, 2.05) is 10.9 Å². The topological polar surface area (TPSA) is 83.3 Å². The molecule has 3 rings (SSSR count). The summed E-state index contributed by atoms with van der Waals surface area (Å²) in [7, 11) is 0. The van der Waals surface area contributed by atoms with E-state index < -0.39 is 0 Å². The Morgan fingerprint density at radius 2 is 2.38 bits per heavy atom. The van der Waals surface area contributed by atoms with Crippen molar-refractivity contribution in [3.63, 3.8) is 0 Å². The fourth-order valence-corrected chi connectivity index (χ4v) is 3.03. The maximum Gasteiger partial charge on any atom is 0.273 e. The number of pyridine rings is 1. The summed E-state index contributed by atoms with van der Waals surface area (Å²) < 4.78 is 1.93. The summed E-state index contributed by atoms with van der Waals surface area (Å²) in [6.45, 7) is 6.42. The molecule has 3 heterocycles. The molecule has 2 N–H and O–H groups in total. The normalized spacial score (nSPS) is 18.0. The summed E-state index contributed by atoms with van der Waals surface area (Å²) in [5.74, 6) is 0.00721. The van der Waals surface area contributed by atoms with Crippen molar-refractivity contribution in [1.29, 1.82) is 0 Å². The number of amides is 1. The molecule has 24 heavy (non-hydrogen) atoms. The zero-order valence-corrected chi connectivity index (χ0v) is 13.9. The monoisotopic (exact) mass is 329 g/mol.